The summed E-state index contributed by atoms with van der Waals surface area (Å²) in [5.41, 5.74) is 2.66. The number of anilines is 1. The standard InChI is InChI=1S/C24H23NO5/c1-16(30-24(27)20-15-18(28-2)13-14-22(20)29-3)23(26)25-21-12-8-7-11-19(21)17-9-5-4-6-10-17/h4-16H,1-3H3,(H,25,26)/t16-/m0/s1. The maximum atomic E-state index is 12.7. The molecule has 154 valence electrons. The summed E-state index contributed by atoms with van der Waals surface area (Å²) < 4.78 is 15.7. The summed E-state index contributed by atoms with van der Waals surface area (Å²) in [5.74, 6) is -0.294. The topological polar surface area (TPSA) is 73.9 Å². The zero-order chi connectivity index (χ0) is 21.5. The van der Waals surface area contributed by atoms with E-state index in [-0.39, 0.29) is 5.56 Å². The summed E-state index contributed by atoms with van der Waals surface area (Å²) >= 11 is 0. The van der Waals surface area contributed by atoms with Crippen LogP contribution in [0.3, 0.4) is 0 Å². The van der Waals surface area contributed by atoms with E-state index >= 15 is 0 Å². The molecule has 0 aliphatic heterocycles. The van der Waals surface area contributed by atoms with Crippen LogP contribution in [-0.4, -0.2) is 32.2 Å². The van der Waals surface area contributed by atoms with Crippen LogP contribution in [0.1, 0.15) is 17.3 Å². The molecule has 6 heteroatoms. The molecular formula is C24H23NO5. The molecule has 1 atom stereocenters. The number of para-hydroxylation sites is 1. The van der Waals surface area contributed by atoms with Gasteiger partial charge in [0.05, 0.1) is 14.2 Å². The molecule has 0 unspecified atom stereocenters. The van der Waals surface area contributed by atoms with Crippen molar-refractivity contribution in [3.8, 4) is 22.6 Å². The molecule has 0 aliphatic rings. The third-order valence-corrected chi connectivity index (χ3v) is 4.55. The molecule has 3 aromatic rings. The van der Waals surface area contributed by atoms with Crippen LogP contribution in [0.4, 0.5) is 5.69 Å². The van der Waals surface area contributed by atoms with Crippen LogP contribution in [0.15, 0.2) is 72.8 Å². The van der Waals surface area contributed by atoms with Crippen molar-refractivity contribution in [1.82, 2.24) is 0 Å². The summed E-state index contributed by atoms with van der Waals surface area (Å²) in [6.45, 7) is 1.52. The molecule has 0 bridgehead atoms. The maximum Gasteiger partial charge on any atom is 0.342 e. The number of benzene rings is 3. The number of amides is 1. The predicted molar refractivity (Wildman–Crippen MR) is 115 cm³/mol. The van der Waals surface area contributed by atoms with Gasteiger partial charge in [-0.15, -0.1) is 0 Å². The fraction of sp³-hybridized carbons (Fsp3) is 0.167. The first-order valence-corrected chi connectivity index (χ1v) is 9.41. The molecule has 30 heavy (non-hydrogen) atoms. The van der Waals surface area contributed by atoms with Crippen molar-refractivity contribution in [3.05, 3.63) is 78.4 Å². The van der Waals surface area contributed by atoms with Gasteiger partial charge in [0.25, 0.3) is 5.91 Å². The number of nitrogens with one attached hydrogen (secondary N) is 1. The van der Waals surface area contributed by atoms with Crippen molar-refractivity contribution in [3.63, 3.8) is 0 Å². The molecule has 0 heterocycles. The SMILES string of the molecule is COc1ccc(OC)c(C(=O)O[C@@H](C)C(=O)Nc2ccccc2-c2ccccc2)c1. The first kappa shape index (κ1) is 20.9. The summed E-state index contributed by atoms with van der Waals surface area (Å²) in [7, 11) is 2.95. The van der Waals surface area contributed by atoms with Gasteiger partial charge in [0.2, 0.25) is 0 Å². The van der Waals surface area contributed by atoms with Gasteiger partial charge in [-0.2, -0.15) is 0 Å². The quantitative estimate of drug-likeness (QED) is 0.584. The second-order valence-corrected chi connectivity index (χ2v) is 6.51. The van der Waals surface area contributed by atoms with Gasteiger partial charge in [-0.05, 0) is 36.8 Å². The molecule has 0 spiro atoms. The molecular weight excluding hydrogens is 382 g/mol. The molecule has 0 aliphatic carbocycles. The Balaban J connectivity index is 1.74. The van der Waals surface area contributed by atoms with Gasteiger partial charge in [-0.1, -0.05) is 48.5 Å². The van der Waals surface area contributed by atoms with Crippen molar-refractivity contribution < 1.29 is 23.8 Å². The van der Waals surface area contributed by atoms with E-state index in [4.69, 9.17) is 14.2 Å². The number of esters is 1. The van der Waals surface area contributed by atoms with Crippen molar-refractivity contribution >= 4 is 17.6 Å². The number of methoxy groups -OCH3 is 2. The largest absolute Gasteiger partial charge is 0.497 e. The van der Waals surface area contributed by atoms with E-state index in [9.17, 15) is 9.59 Å². The second kappa shape index (κ2) is 9.60. The van der Waals surface area contributed by atoms with Crippen molar-refractivity contribution in [1.29, 1.82) is 0 Å². The Morgan fingerprint density at radius 1 is 0.867 bits per heavy atom. The molecule has 0 saturated heterocycles. The van der Waals surface area contributed by atoms with Gasteiger partial charge in [-0.25, -0.2) is 4.79 Å². The fourth-order valence-corrected chi connectivity index (χ4v) is 2.95. The van der Waals surface area contributed by atoms with Gasteiger partial charge in [0.1, 0.15) is 17.1 Å². The zero-order valence-corrected chi connectivity index (χ0v) is 17.0. The van der Waals surface area contributed by atoms with Crippen LogP contribution in [0.5, 0.6) is 11.5 Å². The first-order chi connectivity index (χ1) is 14.5. The van der Waals surface area contributed by atoms with Crippen LogP contribution in [0.25, 0.3) is 11.1 Å². The predicted octanol–water partition coefficient (Wildman–Crippen LogP) is 4.55. The minimum atomic E-state index is -1.02. The average molecular weight is 405 g/mol. The van der Waals surface area contributed by atoms with Gasteiger partial charge < -0.3 is 19.5 Å². The molecule has 0 radical (unpaired) electrons. The van der Waals surface area contributed by atoms with Crippen LogP contribution >= 0.6 is 0 Å². The number of hydrogen-bond donors (Lipinski definition) is 1. The van der Waals surface area contributed by atoms with E-state index in [1.165, 1.54) is 27.2 Å². The minimum absolute atomic E-state index is 0.182. The zero-order valence-electron chi connectivity index (χ0n) is 17.0. The maximum absolute atomic E-state index is 12.7. The molecule has 3 aromatic carbocycles. The van der Waals surface area contributed by atoms with E-state index in [0.717, 1.165) is 11.1 Å². The molecule has 3 rings (SSSR count). The summed E-state index contributed by atoms with van der Waals surface area (Å²) in [6, 6.07) is 22.0. The smallest absolute Gasteiger partial charge is 0.342 e. The lowest BCUT2D eigenvalue weighted by Crippen LogP contribution is -2.30. The van der Waals surface area contributed by atoms with E-state index in [1.54, 1.807) is 18.2 Å². The van der Waals surface area contributed by atoms with Crippen LogP contribution in [0.2, 0.25) is 0 Å². The third-order valence-electron chi connectivity index (χ3n) is 4.55. The average Bonchev–Trinajstić information content (AvgIpc) is 2.79. The normalized spacial score (nSPS) is 11.3. The Bertz CT molecular complexity index is 1030. The van der Waals surface area contributed by atoms with Gasteiger partial charge >= 0.3 is 5.97 Å². The first-order valence-electron chi connectivity index (χ1n) is 9.41. The van der Waals surface area contributed by atoms with Crippen molar-refractivity contribution in [2.75, 3.05) is 19.5 Å². The van der Waals surface area contributed by atoms with E-state index in [0.29, 0.717) is 17.2 Å². The molecule has 0 saturated carbocycles. The number of ether oxygens (including phenoxy) is 3. The number of hydrogen-bond acceptors (Lipinski definition) is 5. The van der Waals surface area contributed by atoms with Gasteiger partial charge in [-0.3, -0.25) is 4.79 Å². The fourth-order valence-electron chi connectivity index (χ4n) is 2.95. The molecule has 1 N–H and O–H groups in total. The minimum Gasteiger partial charge on any atom is -0.497 e. The van der Waals surface area contributed by atoms with E-state index in [1.807, 2.05) is 48.5 Å². The van der Waals surface area contributed by atoms with Crippen molar-refractivity contribution in [2.45, 2.75) is 13.0 Å². The van der Waals surface area contributed by atoms with E-state index in [2.05, 4.69) is 5.32 Å². The molecule has 0 aromatic heterocycles. The molecule has 0 fully saturated rings. The summed E-state index contributed by atoms with van der Waals surface area (Å²) in [4.78, 5) is 25.3. The highest BCUT2D eigenvalue weighted by Crippen LogP contribution is 2.28. The van der Waals surface area contributed by atoms with E-state index < -0.39 is 18.0 Å². The van der Waals surface area contributed by atoms with Crippen molar-refractivity contribution in [2.24, 2.45) is 0 Å². The van der Waals surface area contributed by atoms with Crippen LogP contribution in [-0.2, 0) is 9.53 Å². The molecule has 6 nitrogen and oxygen atoms in total. The lowest BCUT2D eigenvalue weighted by atomic mass is 10.0. The Labute approximate surface area is 175 Å². The Kier molecular flexibility index (Phi) is 6.70. The number of carbonyl (C=O) groups is 2. The monoisotopic (exact) mass is 405 g/mol. The number of rotatable bonds is 7. The third kappa shape index (κ3) is 4.78. The Morgan fingerprint density at radius 2 is 1.57 bits per heavy atom. The summed E-state index contributed by atoms with van der Waals surface area (Å²) in [6.07, 6.45) is -1.02. The highest BCUT2D eigenvalue weighted by Gasteiger charge is 2.22. The van der Waals surface area contributed by atoms with Crippen LogP contribution in [0, 0.1) is 0 Å². The van der Waals surface area contributed by atoms with Crippen LogP contribution < -0.4 is 14.8 Å². The van der Waals surface area contributed by atoms with Gasteiger partial charge in [0.15, 0.2) is 6.10 Å². The lowest BCUT2D eigenvalue weighted by molar-refractivity contribution is -0.123. The lowest BCUT2D eigenvalue weighted by Gasteiger charge is -2.17. The second-order valence-electron chi connectivity index (χ2n) is 6.51. The summed E-state index contributed by atoms with van der Waals surface area (Å²) in [5, 5.41) is 2.84. The highest BCUT2D eigenvalue weighted by atomic mass is 16.5. The Hall–Kier alpha value is -3.80. The van der Waals surface area contributed by atoms with Gasteiger partial charge in [0, 0.05) is 11.3 Å². The molecule has 1 amide bonds. The number of carbonyl (C=O) groups excluding carboxylic acids is 2. The highest BCUT2D eigenvalue weighted by molar-refractivity contribution is 6.00. The Morgan fingerprint density at radius 3 is 2.27 bits per heavy atom.